The number of methoxy groups -OCH3 is 1. The minimum atomic E-state index is -1.31. The standard InChI is InChI=1S/C34H38N4O5/c1-32(2,3)43-30(40)37-21-18-34(19-22-37,29(39)36-33(16-17-33)27-15-9-10-20-35-27)38(31(41)42-4)28-25-13-7-5-11-23(25)24-12-6-8-14-26(24)28/h5-15,20,28H,16-19,21-22H2,1-4H3,(H,36,39). The lowest BCUT2D eigenvalue weighted by Gasteiger charge is -2.49. The molecule has 0 bridgehead atoms. The second kappa shape index (κ2) is 10.7. The van der Waals surface area contributed by atoms with Gasteiger partial charge in [0, 0.05) is 19.3 Å². The van der Waals surface area contributed by atoms with Gasteiger partial charge in [-0.25, -0.2) is 9.59 Å². The molecule has 0 unspecified atom stereocenters. The lowest BCUT2D eigenvalue weighted by Crippen LogP contribution is -2.66. The third-order valence-corrected chi connectivity index (χ3v) is 8.81. The molecule has 1 aliphatic heterocycles. The van der Waals surface area contributed by atoms with Gasteiger partial charge in [0.05, 0.1) is 24.4 Å². The zero-order chi connectivity index (χ0) is 30.4. The normalized spacial score (nSPS) is 18.2. The fraction of sp³-hybridized carbons (Fsp3) is 0.412. The van der Waals surface area contributed by atoms with Crippen LogP contribution in [0, 0.1) is 0 Å². The molecule has 6 rings (SSSR count). The fourth-order valence-electron chi connectivity index (χ4n) is 6.55. The number of hydrogen-bond acceptors (Lipinski definition) is 6. The molecule has 1 saturated carbocycles. The van der Waals surface area contributed by atoms with Crippen LogP contribution in [0.25, 0.3) is 11.1 Å². The van der Waals surface area contributed by atoms with Gasteiger partial charge >= 0.3 is 12.2 Å². The number of likely N-dealkylation sites (tertiary alicyclic amines) is 1. The van der Waals surface area contributed by atoms with Crippen LogP contribution in [0.2, 0.25) is 0 Å². The Morgan fingerprint density at radius 2 is 1.47 bits per heavy atom. The molecule has 0 radical (unpaired) electrons. The molecule has 2 fully saturated rings. The molecular weight excluding hydrogens is 544 g/mol. The highest BCUT2D eigenvalue weighted by molar-refractivity contribution is 5.93. The summed E-state index contributed by atoms with van der Waals surface area (Å²) < 4.78 is 11.1. The zero-order valence-corrected chi connectivity index (χ0v) is 25.1. The Hall–Kier alpha value is -4.40. The molecular formula is C34H38N4O5. The van der Waals surface area contributed by atoms with E-state index in [1.807, 2.05) is 87.5 Å². The Labute approximate surface area is 252 Å². The van der Waals surface area contributed by atoms with Crippen LogP contribution in [0.3, 0.4) is 0 Å². The maximum Gasteiger partial charge on any atom is 0.411 e. The molecule has 9 nitrogen and oxygen atoms in total. The minimum Gasteiger partial charge on any atom is -0.453 e. The molecule has 2 heterocycles. The number of piperidine rings is 1. The van der Waals surface area contributed by atoms with E-state index < -0.39 is 34.9 Å². The number of carbonyl (C=O) groups is 3. The Balaban J connectivity index is 1.43. The second-order valence-corrected chi connectivity index (χ2v) is 12.7. The van der Waals surface area contributed by atoms with Crippen LogP contribution in [0.5, 0.6) is 0 Å². The average molecular weight is 583 g/mol. The molecule has 43 heavy (non-hydrogen) atoms. The van der Waals surface area contributed by atoms with Crippen LogP contribution >= 0.6 is 0 Å². The SMILES string of the molecule is COC(=O)N(C1c2ccccc2-c2ccccc21)C1(C(=O)NC2(c3ccccn3)CC2)CCN(C(=O)OC(C)(C)C)CC1. The van der Waals surface area contributed by atoms with Gasteiger partial charge < -0.3 is 19.7 Å². The molecule has 2 aliphatic carbocycles. The van der Waals surface area contributed by atoms with Gasteiger partial charge in [-0.3, -0.25) is 14.7 Å². The van der Waals surface area contributed by atoms with E-state index >= 15 is 0 Å². The largest absolute Gasteiger partial charge is 0.453 e. The number of amides is 3. The van der Waals surface area contributed by atoms with Crippen molar-refractivity contribution in [3.63, 3.8) is 0 Å². The first-order valence-corrected chi connectivity index (χ1v) is 14.9. The highest BCUT2D eigenvalue weighted by Gasteiger charge is 2.57. The summed E-state index contributed by atoms with van der Waals surface area (Å²) in [5.41, 5.74) is 2.14. The van der Waals surface area contributed by atoms with Gasteiger partial charge in [0.15, 0.2) is 0 Å². The average Bonchev–Trinajstić information content (AvgIpc) is 3.72. The Bertz CT molecular complexity index is 1490. The number of nitrogens with one attached hydrogen (secondary N) is 1. The molecule has 0 spiro atoms. The van der Waals surface area contributed by atoms with Crippen molar-refractivity contribution >= 4 is 18.1 Å². The monoisotopic (exact) mass is 582 g/mol. The summed E-state index contributed by atoms with van der Waals surface area (Å²) in [7, 11) is 1.35. The topological polar surface area (TPSA) is 101 Å². The summed E-state index contributed by atoms with van der Waals surface area (Å²) in [5.74, 6) is -0.272. The summed E-state index contributed by atoms with van der Waals surface area (Å²) in [5, 5.41) is 3.32. The van der Waals surface area contributed by atoms with Crippen molar-refractivity contribution in [3.8, 4) is 11.1 Å². The van der Waals surface area contributed by atoms with E-state index in [4.69, 9.17) is 9.47 Å². The molecule has 9 heteroatoms. The van der Waals surface area contributed by atoms with Crippen LogP contribution < -0.4 is 5.32 Å². The summed E-state index contributed by atoms with van der Waals surface area (Å²) >= 11 is 0. The van der Waals surface area contributed by atoms with Gasteiger partial charge in [0.1, 0.15) is 11.1 Å². The number of carbonyl (C=O) groups excluding carboxylic acids is 3. The Morgan fingerprint density at radius 3 is 1.98 bits per heavy atom. The molecule has 1 N–H and O–H groups in total. The second-order valence-electron chi connectivity index (χ2n) is 12.7. The van der Waals surface area contributed by atoms with Gasteiger partial charge in [0.2, 0.25) is 5.91 Å². The lowest BCUT2D eigenvalue weighted by atomic mass is 9.82. The van der Waals surface area contributed by atoms with Crippen molar-refractivity contribution in [1.29, 1.82) is 0 Å². The number of hydrogen-bond donors (Lipinski definition) is 1. The van der Waals surface area contributed by atoms with E-state index in [0.717, 1.165) is 40.8 Å². The quantitative estimate of drug-likeness (QED) is 0.408. The molecule has 1 aromatic heterocycles. The number of benzene rings is 2. The molecule has 3 aromatic rings. The molecule has 0 atom stereocenters. The first-order chi connectivity index (χ1) is 20.6. The zero-order valence-electron chi connectivity index (χ0n) is 25.1. The summed E-state index contributed by atoms with van der Waals surface area (Å²) in [6, 6.07) is 21.1. The van der Waals surface area contributed by atoms with Crippen molar-refractivity contribution in [1.82, 2.24) is 20.1 Å². The number of nitrogens with zero attached hydrogens (tertiary/aromatic N) is 3. The van der Waals surface area contributed by atoms with Crippen molar-refractivity contribution in [2.45, 2.75) is 69.2 Å². The first-order valence-electron chi connectivity index (χ1n) is 14.9. The molecule has 2 aromatic carbocycles. The third kappa shape index (κ3) is 5.11. The van der Waals surface area contributed by atoms with Crippen molar-refractivity contribution in [2.75, 3.05) is 20.2 Å². The molecule has 224 valence electrons. The van der Waals surface area contributed by atoms with Crippen LogP contribution in [-0.4, -0.2) is 64.2 Å². The predicted octanol–water partition coefficient (Wildman–Crippen LogP) is 5.80. The maximum absolute atomic E-state index is 14.8. The number of pyridine rings is 1. The van der Waals surface area contributed by atoms with Crippen LogP contribution in [0.15, 0.2) is 72.9 Å². The summed E-state index contributed by atoms with van der Waals surface area (Å²) in [6.45, 7) is 5.96. The molecule has 3 aliphatic rings. The molecule has 3 amide bonds. The smallest absolute Gasteiger partial charge is 0.411 e. The van der Waals surface area contributed by atoms with E-state index in [-0.39, 0.29) is 31.8 Å². The highest BCUT2D eigenvalue weighted by Crippen LogP contribution is 2.51. The van der Waals surface area contributed by atoms with E-state index in [1.54, 1.807) is 16.0 Å². The van der Waals surface area contributed by atoms with Gasteiger partial charge in [-0.15, -0.1) is 0 Å². The number of ether oxygens (including phenoxy) is 2. The van der Waals surface area contributed by atoms with Crippen molar-refractivity contribution < 1.29 is 23.9 Å². The first kappa shape index (κ1) is 28.7. The van der Waals surface area contributed by atoms with E-state index in [1.165, 1.54) is 7.11 Å². The van der Waals surface area contributed by atoms with Crippen LogP contribution in [0.1, 0.15) is 69.3 Å². The van der Waals surface area contributed by atoms with Gasteiger partial charge in [-0.2, -0.15) is 0 Å². The lowest BCUT2D eigenvalue weighted by molar-refractivity contribution is -0.138. The molecule has 1 saturated heterocycles. The fourth-order valence-corrected chi connectivity index (χ4v) is 6.55. The van der Waals surface area contributed by atoms with Crippen molar-refractivity contribution in [2.24, 2.45) is 0 Å². The van der Waals surface area contributed by atoms with Crippen LogP contribution in [0.4, 0.5) is 9.59 Å². The van der Waals surface area contributed by atoms with Crippen molar-refractivity contribution in [3.05, 3.63) is 89.7 Å². The number of fused-ring (bicyclic) bond motifs is 3. The van der Waals surface area contributed by atoms with E-state index in [0.29, 0.717) is 0 Å². The van der Waals surface area contributed by atoms with Gasteiger partial charge in [-0.1, -0.05) is 54.6 Å². The third-order valence-electron chi connectivity index (χ3n) is 8.81. The van der Waals surface area contributed by atoms with E-state index in [9.17, 15) is 14.4 Å². The van der Waals surface area contributed by atoms with E-state index in [2.05, 4.69) is 10.3 Å². The highest BCUT2D eigenvalue weighted by atomic mass is 16.6. The maximum atomic E-state index is 14.8. The number of rotatable bonds is 5. The predicted molar refractivity (Wildman–Crippen MR) is 161 cm³/mol. The number of aromatic nitrogens is 1. The Morgan fingerprint density at radius 1 is 0.884 bits per heavy atom. The Kier molecular flexibility index (Phi) is 7.15. The van der Waals surface area contributed by atoms with Crippen LogP contribution in [-0.2, 0) is 19.8 Å². The summed E-state index contributed by atoms with van der Waals surface area (Å²) in [4.78, 5) is 49.6. The minimum absolute atomic E-state index is 0.215. The van der Waals surface area contributed by atoms with Gasteiger partial charge in [-0.05, 0) is 80.8 Å². The summed E-state index contributed by atoms with van der Waals surface area (Å²) in [6.07, 6.45) is 2.63. The van der Waals surface area contributed by atoms with Gasteiger partial charge in [0.25, 0.3) is 0 Å².